The number of hydrogen-bond donors (Lipinski definition) is 2. The van der Waals surface area contributed by atoms with Gasteiger partial charge in [-0.2, -0.15) is 0 Å². The number of alkyl halides is 2. The van der Waals surface area contributed by atoms with Gasteiger partial charge in [0.2, 0.25) is 11.6 Å². The number of carbonyl (C=O) groups excluding carboxylic acids is 2. The summed E-state index contributed by atoms with van der Waals surface area (Å²) in [5.41, 5.74) is 0.559. The molecule has 0 amide bonds. The summed E-state index contributed by atoms with van der Waals surface area (Å²) in [5, 5.41) is 5.58. The summed E-state index contributed by atoms with van der Waals surface area (Å²) < 4.78 is 0. The van der Waals surface area contributed by atoms with E-state index >= 15 is 0 Å². The summed E-state index contributed by atoms with van der Waals surface area (Å²) in [4.78, 5) is 23.1. The van der Waals surface area contributed by atoms with Gasteiger partial charge in [0, 0.05) is 37.0 Å². The molecule has 1 aliphatic rings. The van der Waals surface area contributed by atoms with Gasteiger partial charge in [0.1, 0.15) is 0 Å². The smallest absolute Gasteiger partial charge is 0.203 e. The van der Waals surface area contributed by atoms with E-state index in [1.165, 1.54) is 12.2 Å². The fraction of sp³-hybridized carbons (Fsp3) is 0.400. The first kappa shape index (κ1) is 13.1. The second-order valence-electron chi connectivity index (χ2n) is 3.08. The molecule has 0 aliphatic heterocycles. The topological polar surface area (TPSA) is 58.2 Å². The van der Waals surface area contributed by atoms with Crippen molar-refractivity contribution in [3.63, 3.8) is 0 Å². The Balaban J connectivity index is 2.64. The highest BCUT2D eigenvalue weighted by molar-refractivity contribution is 6.20. The van der Waals surface area contributed by atoms with Crippen molar-refractivity contribution in [3.05, 3.63) is 23.5 Å². The lowest BCUT2D eigenvalue weighted by molar-refractivity contribution is -0.115. The van der Waals surface area contributed by atoms with Crippen molar-refractivity contribution in [2.24, 2.45) is 0 Å². The van der Waals surface area contributed by atoms with Crippen LogP contribution in [0.4, 0.5) is 0 Å². The molecular weight excluding hydrogens is 251 g/mol. The molecule has 0 spiro atoms. The molecule has 16 heavy (non-hydrogen) atoms. The predicted octanol–water partition coefficient (Wildman–Crippen LogP) is 0.563. The first-order chi connectivity index (χ1) is 7.69. The normalized spacial score (nSPS) is 15.6. The Hall–Kier alpha value is -1.00. The van der Waals surface area contributed by atoms with E-state index in [9.17, 15) is 9.59 Å². The number of rotatable bonds is 6. The van der Waals surface area contributed by atoms with Gasteiger partial charge in [-0.1, -0.05) is 0 Å². The Kier molecular flexibility index (Phi) is 5.35. The summed E-state index contributed by atoms with van der Waals surface area (Å²) in [6.45, 7) is 0.898. The van der Waals surface area contributed by atoms with E-state index in [-0.39, 0.29) is 23.0 Å². The zero-order valence-corrected chi connectivity index (χ0v) is 10.1. The number of nitrogens with one attached hydrogen (secondary N) is 2. The summed E-state index contributed by atoms with van der Waals surface area (Å²) in [6, 6.07) is 0. The summed E-state index contributed by atoms with van der Waals surface area (Å²) in [7, 11) is 0. The second kappa shape index (κ2) is 6.55. The molecule has 0 aromatic rings. The van der Waals surface area contributed by atoms with Crippen molar-refractivity contribution in [1.29, 1.82) is 0 Å². The van der Waals surface area contributed by atoms with E-state index < -0.39 is 0 Å². The zero-order valence-electron chi connectivity index (χ0n) is 8.56. The molecule has 0 saturated heterocycles. The number of allylic oxidation sites excluding steroid dienone is 2. The van der Waals surface area contributed by atoms with Gasteiger partial charge in [-0.15, -0.1) is 23.2 Å². The molecule has 0 unspecified atom stereocenters. The van der Waals surface area contributed by atoms with Crippen molar-refractivity contribution in [2.45, 2.75) is 0 Å². The fourth-order valence-corrected chi connectivity index (χ4v) is 1.39. The zero-order chi connectivity index (χ0) is 12.0. The van der Waals surface area contributed by atoms with Crippen LogP contribution in [0.1, 0.15) is 0 Å². The fourth-order valence-electron chi connectivity index (χ4n) is 1.20. The lowest BCUT2D eigenvalue weighted by atomic mass is 10.1. The van der Waals surface area contributed by atoms with Gasteiger partial charge in [0.25, 0.3) is 0 Å². The average Bonchev–Trinajstić information content (AvgIpc) is 2.28. The molecule has 0 saturated carbocycles. The van der Waals surface area contributed by atoms with Crippen molar-refractivity contribution >= 4 is 34.8 Å². The summed E-state index contributed by atoms with van der Waals surface area (Å²) in [6.07, 6.45) is 2.54. The van der Waals surface area contributed by atoms with E-state index in [2.05, 4.69) is 10.6 Å². The summed E-state index contributed by atoms with van der Waals surface area (Å²) in [5.74, 6) is 0.281. The van der Waals surface area contributed by atoms with Gasteiger partial charge in [-0.05, 0) is 0 Å². The quantitative estimate of drug-likeness (QED) is 0.543. The number of ketones is 2. The first-order valence-electron chi connectivity index (χ1n) is 4.80. The minimum absolute atomic E-state index is 0.234. The van der Waals surface area contributed by atoms with Crippen LogP contribution in [0.5, 0.6) is 0 Å². The number of hydrogen-bond acceptors (Lipinski definition) is 4. The van der Waals surface area contributed by atoms with Crippen LogP contribution >= 0.6 is 23.2 Å². The molecule has 0 radical (unpaired) electrons. The lowest BCUT2D eigenvalue weighted by Gasteiger charge is -2.14. The van der Waals surface area contributed by atoms with Gasteiger partial charge >= 0.3 is 0 Å². The highest BCUT2D eigenvalue weighted by Gasteiger charge is 2.19. The van der Waals surface area contributed by atoms with Crippen molar-refractivity contribution in [1.82, 2.24) is 10.6 Å². The van der Waals surface area contributed by atoms with Crippen LogP contribution in [0.15, 0.2) is 23.5 Å². The minimum atomic E-state index is -0.234. The lowest BCUT2D eigenvalue weighted by Crippen LogP contribution is -2.30. The highest BCUT2D eigenvalue weighted by Crippen LogP contribution is 2.07. The standard InChI is InChI=1S/C10H12Cl2N2O2/c11-1-3-13-7-5-10(16)8(6-9(7)15)14-4-2-12/h5-6,13-14H,1-4H2. The van der Waals surface area contributed by atoms with Gasteiger partial charge in [-0.25, -0.2) is 0 Å². The molecule has 1 aliphatic carbocycles. The van der Waals surface area contributed by atoms with Gasteiger partial charge < -0.3 is 10.6 Å². The Labute approximate surface area is 104 Å². The molecule has 2 N–H and O–H groups in total. The van der Waals surface area contributed by atoms with Crippen molar-refractivity contribution in [2.75, 3.05) is 24.8 Å². The molecule has 6 heteroatoms. The Bertz CT molecular complexity index is 317. The molecule has 0 fully saturated rings. The highest BCUT2D eigenvalue weighted by atomic mass is 35.5. The van der Waals surface area contributed by atoms with E-state index in [1.54, 1.807) is 0 Å². The van der Waals surface area contributed by atoms with Crippen LogP contribution in [0.3, 0.4) is 0 Å². The van der Waals surface area contributed by atoms with E-state index in [4.69, 9.17) is 23.2 Å². The Morgan fingerprint density at radius 2 is 1.25 bits per heavy atom. The van der Waals surface area contributed by atoms with Crippen molar-refractivity contribution in [3.8, 4) is 0 Å². The Morgan fingerprint density at radius 3 is 1.56 bits per heavy atom. The molecule has 4 nitrogen and oxygen atoms in total. The molecule has 1 rings (SSSR count). The van der Waals surface area contributed by atoms with Crippen LogP contribution in [-0.4, -0.2) is 36.4 Å². The molecule has 0 atom stereocenters. The van der Waals surface area contributed by atoms with Gasteiger partial charge in [-0.3, -0.25) is 9.59 Å². The van der Waals surface area contributed by atoms with Gasteiger partial charge in [0.05, 0.1) is 11.4 Å². The second-order valence-corrected chi connectivity index (χ2v) is 3.83. The third-order valence-electron chi connectivity index (χ3n) is 1.90. The molecule has 0 heterocycles. The average molecular weight is 263 g/mol. The van der Waals surface area contributed by atoms with E-state index in [0.717, 1.165) is 0 Å². The minimum Gasteiger partial charge on any atom is -0.381 e. The van der Waals surface area contributed by atoms with E-state index in [1.807, 2.05) is 0 Å². The first-order valence-corrected chi connectivity index (χ1v) is 5.87. The SMILES string of the molecule is O=C1C=C(NCCCl)C(=O)C=C1NCCCl. The third-order valence-corrected chi connectivity index (χ3v) is 2.28. The monoisotopic (exact) mass is 262 g/mol. The Morgan fingerprint density at radius 1 is 0.875 bits per heavy atom. The van der Waals surface area contributed by atoms with Crippen LogP contribution in [-0.2, 0) is 9.59 Å². The predicted molar refractivity (Wildman–Crippen MR) is 63.6 cm³/mol. The largest absolute Gasteiger partial charge is 0.381 e. The van der Waals surface area contributed by atoms with E-state index in [0.29, 0.717) is 24.8 Å². The molecule has 88 valence electrons. The van der Waals surface area contributed by atoms with Crippen LogP contribution < -0.4 is 10.6 Å². The number of halogens is 2. The molecule has 0 bridgehead atoms. The molecular formula is C10H12Cl2N2O2. The van der Waals surface area contributed by atoms with Crippen LogP contribution in [0, 0.1) is 0 Å². The van der Waals surface area contributed by atoms with Gasteiger partial charge in [0.15, 0.2) is 0 Å². The maximum Gasteiger partial charge on any atom is 0.203 e. The van der Waals surface area contributed by atoms with Crippen LogP contribution in [0.2, 0.25) is 0 Å². The molecule has 0 aromatic carbocycles. The maximum atomic E-state index is 11.5. The van der Waals surface area contributed by atoms with Crippen LogP contribution in [0.25, 0.3) is 0 Å². The summed E-state index contributed by atoms with van der Waals surface area (Å²) >= 11 is 10.9. The molecule has 0 aromatic heterocycles. The maximum absolute atomic E-state index is 11.5. The number of carbonyl (C=O) groups is 2. The van der Waals surface area contributed by atoms with Crippen molar-refractivity contribution < 1.29 is 9.59 Å². The third kappa shape index (κ3) is 3.54.